The van der Waals surface area contributed by atoms with Gasteiger partial charge in [0.2, 0.25) is 0 Å². The van der Waals surface area contributed by atoms with Crippen LogP contribution in [0.5, 0.6) is 5.75 Å². The summed E-state index contributed by atoms with van der Waals surface area (Å²) in [7, 11) is 0. The van der Waals surface area contributed by atoms with Gasteiger partial charge in [0.15, 0.2) is 0 Å². The maximum atomic E-state index is 12.3. The van der Waals surface area contributed by atoms with Gasteiger partial charge in [-0.2, -0.15) is 0 Å². The van der Waals surface area contributed by atoms with Gasteiger partial charge in [0.05, 0.1) is 45.3 Å². The zero-order valence-electron chi connectivity index (χ0n) is 22.9. The lowest BCUT2D eigenvalue weighted by Gasteiger charge is -2.12. The smallest absolute Gasteiger partial charge is 0.269 e. The molecule has 0 radical (unpaired) electrons. The van der Waals surface area contributed by atoms with Crippen LogP contribution in [-0.2, 0) is 20.8 Å². The van der Waals surface area contributed by atoms with Crippen molar-refractivity contribution in [3.8, 4) is 5.75 Å². The van der Waals surface area contributed by atoms with Crippen LogP contribution in [0.2, 0.25) is 0 Å². The number of hydrogen-bond donors (Lipinski definition) is 3. The molecule has 0 spiro atoms. The Kier molecular flexibility index (Phi) is 17.7. The van der Waals surface area contributed by atoms with Crippen molar-refractivity contribution in [3.05, 3.63) is 59.7 Å². The summed E-state index contributed by atoms with van der Waals surface area (Å²) in [6.07, 6.45) is 10.5. The molecule has 8 heteroatoms. The van der Waals surface area contributed by atoms with Crippen LogP contribution in [0.25, 0.3) is 0 Å². The lowest BCUT2D eigenvalue weighted by Crippen LogP contribution is -2.30. The molecule has 0 fully saturated rings. The first-order chi connectivity index (χ1) is 18.7. The number of hydrogen-bond acceptors (Lipinski definition) is 7. The van der Waals surface area contributed by atoms with Crippen molar-refractivity contribution in [1.82, 2.24) is 5.43 Å². The van der Waals surface area contributed by atoms with E-state index in [9.17, 15) is 9.90 Å². The molecule has 3 N–H and O–H groups in total. The highest BCUT2D eigenvalue weighted by atomic mass is 16.6. The molecule has 1 amide bonds. The number of carbonyl (C=O) groups is 1. The van der Waals surface area contributed by atoms with Crippen molar-refractivity contribution in [2.24, 2.45) is 0 Å². The van der Waals surface area contributed by atoms with Gasteiger partial charge in [0.1, 0.15) is 12.4 Å². The Morgan fingerprint density at radius 2 is 1.29 bits per heavy atom. The maximum Gasteiger partial charge on any atom is 0.269 e. The summed E-state index contributed by atoms with van der Waals surface area (Å²) in [6, 6.07) is 14.2. The van der Waals surface area contributed by atoms with Crippen molar-refractivity contribution in [2.75, 3.05) is 51.7 Å². The molecular formula is C30H46N2O6. The number of benzene rings is 2. The SMILES string of the molecule is CCCCCCCCCCOCCOCCOCCOc1ccc(NNC(=O)c2ccccc2CO)cc1. The summed E-state index contributed by atoms with van der Waals surface area (Å²) in [5.41, 5.74) is 7.21. The summed E-state index contributed by atoms with van der Waals surface area (Å²) in [6.45, 7) is 6.05. The van der Waals surface area contributed by atoms with E-state index in [0.717, 1.165) is 13.0 Å². The first-order valence-electron chi connectivity index (χ1n) is 14.0. The van der Waals surface area contributed by atoms with E-state index >= 15 is 0 Å². The molecule has 0 aliphatic rings. The number of aliphatic hydroxyl groups is 1. The van der Waals surface area contributed by atoms with Crippen molar-refractivity contribution < 1.29 is 28.8 Å². The van der Waals surface area contributed by atoms with Gasteiger partial charge in [-0.25, -0.2) is 0 Å². The highest BCUT2D eigenvalue weighted by molar-refractivity contribution is 5.96. The summed E-state index contributed by atoms with van der Waals surface area (Å²) >= 11 is 0. The van der Waals surface area contributed by atoms with Crippen LogP contribution in [0.3, 0.4) is 0 Å². The van der Waals surface area contributed by atoms with E-state index in [2.05, 4.69) is 17.8 Å². The topological polar surface area (TPSA) is 98.3 Å². The largest absolute Gasteiger partial charge is 0.491 e. The Bertz CT molecular complexity index is 862. The molecule has 0 saturated carbocycles. The van der Waals surface area contributed by atoms with E-state index in [1.54, 1.807) is 36.4 Å². The van der Waals surface area contributed by atoms with Gasteiger partial charge >= 0.3 is 0 Å². The number of aliphatic hydroxyl groups excluding tert-OH is 1. The molecule has 0 saturated heterocycles. The number of unbranched alkanes of at least 4 members (excludes halogenated alkanes) is 7. The van der Waals surface area contributed by atoms with Gasteiger partial charge < -0.3 is 24.1 Å². The van der Waals surface area contributed by atoms with E-state index in [0.29, 0.717) is 62.2 Å². The molecule has 2 aromatic rings. The minimum Gasteiger partial charge on any atom is -0.491 e. The molecule has 212 valence electrons. The first kappa shape index (κ1) is 31.6. The van der Waals surface area contributed by atoms with Crippen LogP contribution in [0.15, 0.2) is 48.5 Å². The standard InChI is InChI=1S/C30H46N2O6/c1-2-3-4-5-6-7-8-11-18-35-19-20-36-21-22-37-23-24-38-28-16-14-27(15-17-28)31-32-30(34)29-13-10-9-12-26(29)25-33/h9-10,12-17,31,33H,2-8,11,18-25H2,1H3,(H,32,34). The third-order valence-corrected chi connectivity index (χ3v) is 5.99. The van der Waals surface area contributed by atoms with Crippen LogP contribution >= 0.6 is 0 Å². The monoisotopic (exact) mass is 530 g/mol. The number of hydrazine groups is 1. The minimum atomic E-state index is -0.317. The Hall–Kier alpha value is -2.65. The van der Waals surface area contributed by atoms with E-state index in [1.165, 1.54) is 44.9 Å². The fourth-order valence-corrected chi connectivity index (χ4v) is 3.81. The molecule has 0 aliphatic heterocycles. The average molecular weight is 531 g/mol. The third-order valence-electron chi connectivity index (χ3n) is 5.99. The first-order valence-corrected chi connectivity index (χ1v) is 14.0. The molecule has 0 atom stereocenters. The zero-order chi connectivity index (χ0) is 27.1. The molecular weight excluding hydrogens is 484 g/mol. The van der Waals surface area contributed by atoms with Gasteiger partial charge in [-0.3, -0.25) is 15.6 Å². The van der Waals surface area contributed by atoms with Gasteiger partial charge in [-0.15, -0.1) is 0 Å². The molecule has 0 aliphatic carbocycles. The van der Waals surface area contributed by atoms with Crippen molar-refractivity contribution >= 4 is 11.6 Å². The van der Waals surface area contributed by atoms with E-state index in [-0.39, 0.29) is 12.5 Å². The lowest BCUT2D eigenvalue weighted by molar-refractivity contribution is 0.00878. The molecule has 0 bridgehead atoms. The Labute approximate surface area is 228 Å². The molecule has 2 rings (SSSR count). The predicted molar refractivity (Wildman–Crippen MR) is 150 cm³/mol. The van der Waals surface area contributed by atoms with Crippen molar-refractivity contribution in [2.45, 2.75) is 64.9 Å². The Morgan fingerprint density at radius 3 is 1.95 bits per heavy atom. The number of ether oxygens (including phenoxy) is 4. The second-order valence-electron chi connectivity index (χ2n) is 9.08. The van der Waals surface area contributed by atoms with Crippen LogP contribution in [0.4, 0.5) is 5.69 Å². The lowest BCUT2D eigenvalue weighted by atomic mass is 10.1. The van der Waals surface area contributed by atoms with Crippen molar-refractivity contribution in [1.29, 1.82) is 0 Å². The fraction of sp³-hybridized carbons (Fsp3) is 0.567. The molecule has 0 unspecified atom stereocenters. The number of rotatable bonds is 23. The molecule has 2 aromatic carbocycles. The minimum absolute atomic E-state index is 0.194. The van der Waals surface area contributed by atoms with Crippen LogP contribution in [-0.4, -0.2) is 57.3 Å². The van der Waals surface area contributed by atoms with E-state index < -0.39 is 0 Å². The number of carbonyl (C=O) groups excluding carboxylic acids is 1. The Morgan fingerprint density at radius 1 is 0.711 bits per heavy atom. The van der Waals surface area contributed by atoms with E-state index in [1.807, 2.05) is 12.1 Å². The van der Waals surface area contributed by atoms with Crippen molar-refractivity contribution in [3.63, 3.8) is 0 Å². The van der Waals surface area contributed by atoms with Crippen LogP contribution in [0.1, 0.15) is 74.2 Å². The maximum absolute atomic E-state index is 12.3. The van der Waals surface area contributed by atoms with Gasteiger partial charge in [0.25, 0.3) is 5.91 Å². The van der Waals surface area contributed by atoms with Gasteiger partial charge in [-0.05, 0) is 42.3 Å². The molecule has 0 heterocycles. The quantitative estimate of drug-likeness (QED) is 0.129. The van der Waals surface area contributed by atoms with Gasteiger partial charge in [-0.1, -0.05) is 70.1 Å². The summed E-state index contributed by atoms with van der Waals surface area (Å²) < 4.78 is 22.4. The molecule has 0 aromatic heterocycles. The Balaban J connectivity index is 1.40. The normalized spacial score (nSPS) is 10.9. The zero-order valence-corrected chi connectivity index (χ0v) is 22.9. The van der Waals surface area contributed by atoms with Crippen LogP contribution < -0.4 is 15.6 Å². The van der Waals surface area contributed by atoms with Gasteiger partial charge in [0, 0.05) is 12.2 Å². The summed E-state index contributed by atoms with van der Waals surface area (Å²) in [5, 5.41) is 9.37. The number of anilines is 1. The molecule has 8 nitrogen and oxygen atoms in total. The highest BCUT2D eigenvalue weighted by Crippen LogP contribution is 2.15. The summed E-state index contributed by atoms with van der Waals surface area (Å²) in [4.78, 5) is 12.3. The third kappa shape index (κ3) is 14.3. The van der Waals surface area contributed by atoms with E-state index in [4.69, 9.17) is 18.9 Å². The second-order valence-corrected chi connectivity index (χ2v) is 9.08. The number of amides is 1. The average Bonchev–Trinajstić information content (AvgIpc) is 2.95. The van der Waals surface area contributed by atoms with Crippen LogP contribution in [0, 0.1) is 0 Å². The predicted octanol–water partition coefficient (Wildman–Crippen LogP) is 5.51. The number of nitrogens with one attached hydrogen (secondary N) is 2. The second kappa shape index (κ2) is 21.3. The fourth-order valence-electron chi connectivity index (χ4n) is 3.81. The highest BCUT2D eigenvalue weighted by Gasteiger charge is 2.09. The molecule has 38 heavy (non-hydrogen) atoms. The summed E-state index contributed by atoms with van der Waals surface area (Å²) in [5.74, 6) is 0.392.